The van der Waals surface area contributed by atoms with E-state index in [4.69, 9.17) is 9.47 Å². The maximum absolute atomic E-state index is 11.7. The number of carbonyl (C=O) groups is 1. The van der Waals surface area contributed by atoms with E-state index in [9.17, 15) is 9.59 Å². The van der Waals surface area contributed by atoms with Crippen molar-refractivity contribution < 1.29 is 14.3 Å². The Bertz CT molecular complexity index is 479. The van der Waals surface area contributed by atoms with Gasteiger partial charge in [-0.2, -0.15) is 0 Å². The molecule has 98 valence electrons. The Kier molecular flexibility index (Phi) is 4.06. The van der Waals surface area contributed by atoms with Crippen molar-refractivity contribution in [2.45, 2.75) is 26.1 Å². The van der Waals surface area contributed by atoms with Crippen molar-refractivity contribution >= 4 is 11.9 Å². The molecule has 7 nitrogen and oxygen atoms in total. The summed E-state index contributed by atoms with van der Waals surface area (Å²) < 4.78 is 10.6. The van der Waals surface area contributed by atoms with Gasteiger partial charge in [-0.3, -0.25) is 19.9 Å². The number of hydrogen-bond acceptors (Lipinski definition) is 5. The molecule has 0 bridgehead atoms. The second-order valence-corrected chi connectivity index (χ2v) is 3.98. The van der Waals surface area contributed by atoms with Crippen LogP contribution in [0.5, 0.6) is 0 Å². The molecule has 1 aromatic heterocycles. The summed E-state index contributed by atoms with van der Waals surface area (Å²) in [6.07, 6.45) is 2.36. The summed E-state index contributed by atoms with van der Waals surface area (Å²) in [5.41, 5.74) is 0.287. The standard InChI is InChI=1S/C11H15N3O4/c1-7(15)13-11-12-6-8(10(16)14-11)2-3-9-17-4-5-18-9/h6,9H,2-5H2,1H3,(H2,12,13,14,15,16). The largest absolute Gasteiger partial charge is 0.350 e. The van der Waals surface area contributed by atoms with Crippen LogP contribution in [0.4, 0.5) is 5.95 Å². The van der Waals surface area contributed by atoms with Gasteiger partial charge in [-0.05, 0) is 6.42 Å². The van der Waals surface area contributed by atoms with Crippen LogP contribution in [-0.4, -0.2) is 35.4 Å². The minimum absolute atomic E-state index is 0.157. The van der Waals surface area contributed by atoms with Crippen LogP contribution in [-0.2, 0) is 20.7 Å². The average Bonchev–Trinajstić information content (AvgIpc) is 2.80. The van der Waals surface area contributed by atoms with Crippen LogP contribution in [0.1, 0.15) is 18.9 Å². The van der Waals surface area contributed by atoms with E-state index >= 15 is 0 Å². The molecule has 1 amide bonds. The molecule has 0 aromatic carbocycles. The zero-order valence-corrected chi connectivity index (χ0v) is 10.1. The molecule has 0 unspecified atom stereocenters. The average molecular weight is 253 g/mol. The first kappa shape index (κ1) is 12.7. The smallest absolute Gasteiger partial charge is 0.255 e. The number of aromatic nitrogens is 2. The molecule has 1 aliphatic rings. The van der Waals surface area contributed by atoms with Gasteiger partial charge in [0.2, 0.25) is 11.9 Å². The third-order valence-corrected chi connectivity index (χ3v) is 2.51. The first-order valence-corrected chi connectivity index (χ1v) is 5.74. The molecule has 0 spiro atoms. The van der Waals surface area contributed by atoms with E-state index in [1.54, 1.807) is 0 Å². The van der Waals surface area contributed by atoms with Gasteiger partial charge in [-0.25, -0.2) is 4.98 Å². The number of ether oxygens (including phenoxy) is 2. The Labute approximate surface area is 104 Å². The molecule has 2 N–H and O–H groups in total. The van der Waals surface area contributed by atoms with Crippen LogP contribution in [0.2, 0.25) is 0 Å². The topological polar surface area (TPSA) is 93.3 Å². The van der Waals surface area contributed by atoms with E-state index in [-0.39, 0.29) is 23.7 Å². The SMILES string of the molecule is CC(=O)Nc1ncc(CCC2OCCO2)c(=O)[nH]1. The number of amides is 1. The van der Waals surface area contributed by atoms with Gasteiger partial charge in [-0.15, -0.1) is 0 Å². The second-order valence-electron chi connectivity index (χ2n) is 3.98. The summed E-state index contributed by atoms with van der Waals surface area (Å²) in [4.78, 5) is 29.0. The Balaban J connectivity index is 1.96. The van der Waals surface area contributed by atoms with Gasteiger partial charge in [-0.1, -0.05) is 0 Å². The number of carbonyl (C=O) groups excluding carboxylic acids is 1. The number of anilines is 1. The van der Waals surface area contributed by atoms with Crippen LogP contribution >= 0.6 is 0 Å². The van der Waals surface area contributed by atoms with Crippen molar-refractivity contribution in [3.63, 3.8) is 0 Å². The quantitative estimate of drug-likeness (QED) is 0.789. The Morgan fingerprint density at radius 1 is 1.56 bits per heavy atom. The first-order chi connectivity index (χ1) is 8.65. The molecule has 1 fully saturated rings. The van der Waals surface area contributed by atoms with E-state index in [1.807, 2.05) is 0 Å². The maximum atomic E-state index is 11.7. The van der Waals surface area contributed by atoms with E-state index in [1.165, 1.54) is 13.1 Å². The Morgan fingerprint density at radius 3 is 2.89 bits per heavy atom. The normalized spacial score (nSPS) is 15.8. The van der Waals surface area contributed by atoms with Gasteiger partial charge < -0.3 is 9.47 Å². The maximum Gasteiger partial charge on any atom is 0.255 e. The third kappa shape index (κ3) is 3.38. The number of H-pyrrole nitrogens is 1. The van der Waals surface area contributed by atoms with E-state index < -0.39 is 0 Å². The van der Waals surface area contributed by atoms with Gasteiger partial charge in [0.25, 0.3) is 5.56 Å². The highest BCUT2D eigenvalue weighted by Gasteiger charge is 2.16. The molecular formula is C11H15N3O4. The van der Waals surface area contributed by atoms with Crippen LogP contribution < -0.4 is 10.9 Å². The number of nitrogens with one attached hydrogen (secondary N) is 2. The zero-order valence-electron chi connectivity index (χ0n) is 10.1. The molecule has 0 atom stereocenters. The minimum Gasteiger partial charge on any atom is -0.350 e. The summed E-state index contributed by atoms with van der Waals surface area (Å²) in [6, 6.07) is 0. The fraction of sp³-hybridized carbons (Fsp3) is 0.545. The van der Waals surface area contributed by atoms with Gasteiger partial charge in [0.1, 0.15) is 0 Å². The summed E-state index contributed by atoms with van der Waals surface area (Å²) in [7, 11) is 0. The zero-order chi connectivity index (χ0) is 13.0. The highest BCUT2D eigenvalue weighted by atomic mass is 16.7. The summed E-state index contributed by atoms with van der Waals surface area (Å²) in [5.74, 6) is -0.122. The van der Waals surface area contributed by atoms with Crippen molar-refractivity contribution in [3.8, 4) is 0 Å². The molecule has 0 aliphatic carbocycles. The molecular weight excluding hydrogens is 238 g/mol. The van der Waals surface area contributed by atoms with Crippen molar-refractivity contribution in [2.24, 2.45) is 0 Å². The second kappa shape index (κ2) is 5.74. The Hall–Kier alpha value is -1.73. The van der Waals surface area contributed by atoms with Crippen molar-refractivity contribution in [1.29, 1.82) is 0 Å². The predicted molar refractivity (Wildman–Crippen MR) is 63.2 cm³/mol. The van der Waals surface area contributed by atoms with Crippen molar-refractivity contribution in [2.75, 3.05) is 18.5 Å². The summed E-state index contributed by atoms with van der Waals surface area (Å²) in [6.45, 7) is 2.55. The number of nitrogens with zero attached hydrogens (tertiary/aromatic N) is 1. The van der Waals surface area contributed by atoms with Crippen LogP contribution in [0.25, 0.3) is 0 Å². The van der Waals surface area contributed by atoms with E-state index in [0.29, 0.717) is 31.6 Å². The lowest BCUT2D eigenvalue weighted by atomic mass is 10.2. The number of hydrogen-bond donors (Lipinski definition) is 2. The van der Waals surface area contributed by atoms with Crippen LogP contribution in [0.15, 0.2) is 11.0 Å². The van der Waals surface area contributed by atoms with E-state index in [2.05, 4.69) is 15.3 Å². The van der Waals surface area contributed by atoms with Gasteiger partial charge >= 0.3 is 0 Å². The number of aryl methyl sites for hydroxylation is 1. The number of aromatic amines is 1. The lowest BCUT2D eigenvalue weighted by molar-refractivity contribution is -0.114. The molecule has 18 heavy (non-hydrogen) atoms. The summed E-state index contributed by atoms with van der Waals surface area (Å²) >= 11 is 0. The monoisotopic (exact) mass is 253 g/mol. The predicted octanol–water partition coefficient (Wildman–Crippen LogP) is 0.0338. The van der Waals surface area contributed by atoms with Crippen molar-refractivity contribution in [3.05, 3.63) is 22.1 Å². The fourth-order valence-corrected chi connectivity index (χ4v) is 1.68. The molecule has 0 saturated carbocycles. The third-order valence-electron chi connectivity index (χ3n) is 2.51. The highest BCUT2D eigenvalue weighted by Crippen LogP contribution is 2.10. The molecule has 2 rings (SSSR count). The molecule has 7 heteroatoms. The molecule has 1 saturated heterocycles. The van der Waals surface area contributed by atoms with E-state index in [0.717, 1.165) is 0 Å². The van der Waals surface area contributed by atoms with Crippen LogP contribution in [0.3, 0.4) is 0 Å². The van der Waals surface area contributed by atoms with Gasteiger partial charge in [0.15, 0.2) is 6.29 Å². The number of rotatable bonds is 4. The van der Waals surface area contributed by atoms with Gasteiger partial charge in [0, 0.05) is 25.1 Å². The minimum atomic E-state index is -0.279. The summed E-state index contributed by atoms with van der Waals surface area (Å²) in [5, 5.41) is 2.42. The fourth-order valence-electron chi connectivity index (χ4n) is 1.68. The lowest BCUT2D eigenvalue weighted by Gasteiger charge is -2.08. The van der Waals surface area contributed by atoms with Gasteiger partial charge in [0.05, 0.1) is 13.2 Å². The van der Waals surface area contributed by atoms with Crippen molar-refractivity contribution in [1.82, 2.24) is 9.97 Å². The first-order valence-electron chi connectivity index (χ1n) is 5.74. The lowest BCUT2D eigenvalue weighted by Crippen LogP contribution is -2.20. The van der Waals surface area contributed by atoms with Crippen LogP contribution in [0, 0.1) is 0 Å². The molecule has 1 aromatic rings. The molecule has 1 aliphatic heterocycles. The Morgan fingerprint density at radius 2 is 2.28 bits per heavy atom. The highest BCUT2D eigenvalue weighted by molar-refractivity contribution is 5.86. The molecule has 2 heterocycles. The molecule has 0 radical (unpaired) electrons.